The van der Waals surface area contributed by atoms with Gasteiger partial charge in [0, 0.05) is 16.8 Å². The topological polar surface area (TPSA) is 60.5 Å². The molecule has 1 N–H and O–H groups in total. The lowest BCUT2D eigenvalue weighted by Crippen LogP contribution is -2.28. The van der Waals surface area contributed by atoms with Crippen molar-refractivity contribution in [3.8, 4) is 0 Å². The van der Waals surface area contributed by atoms with Crippen LogP contribution in [0.25, 0.3) is 10.9 Å². The molecule has 0 atom stereocenters. The summed E-state index contributed by atoms with van der Waals surface area (Å²) >= 11 is 0. The van der Waals surface area contributed by atoms with E-state index in [-0.39, 0.29) is 5.91 Å². The van der Waals surface area contributed by atoms with Crippen molar-refractivity contribution in [2.75, 3.05) is 18.5 Å². The Bertz CT molecular complexity index is 663. The Morgan fingerprint density at radius 2 is 2.00 bits per heavy atom. The first-order valence-corrected chi connectivity index (χ1v) is 6.55. The number of nitrogens with one attached hydrogen (secondary N) is 1. The van der Waals surface area contributed by atoms with E-state index in [0.717, 1.165) is 27.8 Å². The first-order chi connectivity index (χ1) is 9.63. The first kappa shape index (κ1) is 13.0. The highest BCUT2D eigenvalue weighted by molar-refractivity contribution is 5.96. The van der Waals surface area contributed by atoms with Crippen molar-refractivity contribution in [1.29, 1.82) is 0 Å². The summed E-state index contributed by atoms with van der Waals surface area (Å²) in [6.45, 7) is 4.92. The highest BCUT2D eigenvalue weighted by Gasteiger charge is 2.24. The van der Waals surface area contributed by atoms with Gasteiger partial charge in [0.15, 0.2) is 0 Å². The lowest BCUT2D eigenvalue weighted by atomic mass is 10.1. The molecule has 0 spiro atoms. The standard InChI is InChI=1S/C15H16N2O3/c1-9-7-10(2)16-13-4-3-11(8-12(9)13)17-14(18)15-19-5-6-20-15/h3-4,7-8,15H,5-6H2,1-2H3,(H,17,18). The average Bonchev–Trinajstić information content (AvgIpc) is 2.93. The van der Waals surface area contributed by atoms with E-state index in [1.807, 2.05) is 38.1 Å². The molecule has 2 aromatic rings. The molecule has 0 radical (unpaired) electrons. The van der Waals surface area contributed by atoms with E-state index in [4.69, 9.17) is 9.47 Å². The molecule has 0 saturated carbocycles. The van der Waals surface area contributed by atoms with Crippen molar-refractivity contribution in [3.05, 3.63) is 35.5 Å². The summed E-state index contributed by atoms with van der Waals surface area (Å²) in [6, 6.07) is 7.68. The SMILES string of the molecule is Cc1cc(C)c2cc(NC(=O)C3OCCO3)ccc2n1. The number of carbonyl (C=O) groups is 1. The van der Waals surface area contributed by atoms with Gasteiger partial charge in [-0.3, -0.25) is 9.78 Å². The van der Waals surface area contributed by atoms with Crippen LogP contribution in [0.1, 0.15) is 11.3 Å². The maximum Gasteiger partial charge on any atom is 0.281 e. The zero-order chi connectivity index (χ0) is 14.1. The second-order valence-corrected chi connectivity index (χ2v) is 4.88. The van der Waals surface area contributed by atoms with Gasteiger partial charge in [-0.05, 0) is 43.7 Å². The van der Waals surface area contributed by atoms with Crippen molar-refractivity contribution < 1.29 is 14.3 Å². The van der Waals surface area contributed by atoms with E-state index in [1.54, 1.807) is 0 Å². The van der Waals surface area contributed by atoms with Gasteiger partial charge >= 0.3 is 0 Å². The molecule has 1 fully saturated rings. The van der Waals surface area contributed by atoms with Gasteiger partial charge in [-0.1, -0.05) is 0 Å². The maximum atomic E-state index is 11.9. The Balaban J connectivity index is 1.87. The quantitative estimate of drug-likeness (QED) is 0.910. The lowest BCUT2D eigenvalue weighted by Gasteiger charge is -2.11. The van der Waals surface area contributed by atoms with Crippen LogP contribution in [0.4, 0.5) is 5.69 Å². The summed E-state index contributed by atoms with van der Waals surface area (Å²) < 4.78 is 10.3. The van der Waals surface area contributed by atoms with Gasteiger partial charge in [-0.15, -0.1) is 0 Å². The zero-order valence-corrected chi connectivity index (χ0v) is 11.5. The fourth-order valence-electron chi connectivity index (χ4n) is 2.35. The molecule has 0 bridgehead atoms. The monoisotopic (exact) mass is 272 g/mol. The first-order valence-electron chi connectivity index (χ1n) is 6.55. The predicted octanol–water partition coefficient (Wildman–Crippen LogP) is 2.16. The number of benzene rings is 1. The number of aryl methyl sites for hydroxylation is 2. The Labute approximate surface area is 116 Å². The number of pyridine rings is 1. The molecule has 1 saturated heterocycles. The normalized spacial score (nSPS) is 15.7. The van der Waals surface area contributed by atoms with Crippen LogP contribution in [0.2, 0.25) is 0 Å². The number of hydrogen-bond donors (Lipinski definition) is 1. The van der Waals surface area contributed by atoms with E-state index in [1.165, 1.54) is 0 Å². The molecule has 1 aliphatic heterocycles. The van der Waals surface area contributed by atoms with Crippen molar-refractivity contribution in [1.82, 2.24) is 4.98 Å². The minimum absolute atomic E-state index is 0.278. The molecule has 5 nitrogen and oxygen atoms in total. The second kappa shape index (κ2) is 5.19. The van der Waals surface area contributed by atoms with Crippen LogP contribution in [-0.4, -0.2) is 30.4 Å². The van der Waals surface area contributed by atoms with E-state index < -0.39 is 6.29 Å². The number of aromatic nitrogens is 1. The van der Waals surface area contributed by atoms with Crippen molar-refractivity contribution in [2.24, 2.45) is 0 Å². The van der Waals surface area contributed by atoms with E-state index in [0.29, 0.717) is 13.2 Å². The number of fused-ring (bicyclic) bond motifs is 1. The number of rotatable bonds is 2. The van der Waals surface area contributed by atoms with E-state index in [9.17, 15) is 4.79 Å². The molecule has 20 heavy (non-hydrogen) atoms. The predicted molar refractivity (Wildman–Crippen MR) is 75.5 cm³/mol. The molecular formula is C15H16N2O3. The molecule has 1 aliphatic rings. The number of ether oxygens (including phenoxy) is 2. The highest BCUT2D eigenvalue weighted by Crippen LogP contribution is 2.22. The Morgan fingerprint density at radius 3 is 2.75 bits per heavy atom. The molecular weight excluding hydrogens is 256 g/mol. The van der Waals surface area contributed by atoms with Crippen LogP contribution in [0.5, 0.6) is 0 Å². The van der Waals surface area contributed by atoms with Gasteiger partial charge in [0.25, 0.3) is 5.91 Å². The summed E-state index contributed by atoms with van der Waals surface area (Å²) in [7, 11) is 0. The Kier molecular flexibility index (Phi) is 3.38. The average molecular weight is 272 g/mol. The minimum atomic E-state index is -0.803. The van der Waals surface area contributed by atoms with Crippen molar-refractivity contribution in [2.45, 2.75) is 20.1 Å². The van der Waals surface area contributed by atoms with Gasteiger partial charge in [-0.25, -0.2) is 0 Å². The minimum Gasteiger partial charge on any atom is -0.342 e. The molecule has 3 rings (SSSR count). The third-order valence-electron chi connectivity index (χ3n) is 3.25. The van der Waals surface area contributed by atoms with Crippen LogP contribution in [0.15, 0.2) is 24.3 Å². The van der Waals surface area contributed by atoms with Gasteiger partial charge < -0.3 is 14.8 Å². The molecule has 0 unspecified atom stereocenters. The van der Waals surface area contributed by atoms with Crippen LogP contribution >= 0.6 is 0 Å². The number of carbonyl (C=O) groups excluding carboxylic acids is 1. The number of nitrogens with zero attached hydrogens (tertiary/aromatic N) is 1. The van der Waals surface area contributed by atoms with Gasteiger partial charge in [0.2, 0.25) is 6.29 Å². The van der Waals surface area contributed by atoms with Crippen LogP contribution in [-0.2, 0) is 14.3 Å². The Hall–Kier alpha value is -1.98. The zero-order valence-electron chi connectivity index (χ0n) is 11.5. The number of amides is 1. The summed E-state index contributed by atoms with van der Waals surface area (Å²) in [5.41, 5.74) is 3.76. The summed E-state index contributed by atoms with van der Waals surface area (Å²) in [5, 5.41) is 3.83. The fraction of sp³-hybridized carbons (Fsp3) is 0.333. The third kappa shape index (κ3) is 2.50. The molecule has 1 amide bonds. The number of hydrogen-bond acceptors (Lipinski definition) is 4. The second-order valence-electron chi connectivity index (χ2n) is 4.88. The molecule has 2 heterocycles. The van der Waals surface area contributed by atoms with Crippen molar-refractivity contribution in [3.63, 3.8) is 0 Å². The van der Waals surface area contributed by atoms with Gasteiger partial charge in [0.05, 0.1) is 18.7 Å². The third-order valence-corrected chi connectivity index (χ3v) is 3.25. The van der Waals surface area contributed by atoms with Crippen LogP contribution in [0, 0.1) is 13.8 Å². The summed E-state index contributed by atoms with van der Waals surface area (Å²) in [6.07, 6.45) is -0.803. The summed E-state index contributed by atoms with van der Waals surface area (Å²) in [5.74, 6) is -0.278. The lowest BCUT2D eigenvalue weighted by molar-refractivity contribution is -0.140. The molecule has 0 aliphatic carbocycles. The van der Waals surface area contributed by atoms with E-state index >= 15 is 0 Å². The largest absolute Gasteiger partial charge is 0.342 e. The van der Waals surface area contributed by atoms with Crippen molar-refractivity contribution >= 4 is 22.5 Å². The Morgan fingerprint density at radius 1 is 1.25 bits per heavy atom. The smallest absolute Gasteiger partial charge is 0.281 e. The highest BCUT2D eigenvalue weighted by atomic mass is 16.7. The molecule has 104 valence electrons. The van der Waals surface area contributed by atoms with Crippen LogP contribution < -0.4 is 5.32 Å². The molecule has 1 aromatic carbocycles. The maximum absolute atomic E-state index is 11.9. The molecule has 1 aromatic heterocycles. The molecule has 5 heteroatoms. The van der Waals surface area contributed by atoms with Gasteiger partial charge in [0.1, 0.15) is 0 Å². The fourth-order valence-corrected chi connectivity index (χ4v) is 2.35. The van der Waals surface area contributed by atoms with E-state index in [2.05, 4.69) is 10.3 Å². The van der Waals surface area contributed by atoms with Crippen LogP contribution in [0.3, 0.4) is 0 Å². The summed E-state index contributed by atoms with van der Waals surface area (Å²) in [4.78, 5) is 16.4. The number of anilines is 1. The van der Waals surface area contributed by atoms with Gasteiger partial charge in [-0.2, -0.15) is 0 Å².